The summed E-state index contributed by atoms with van der Waals surface area (Å²) in [7, 11) is 0. The molecule has 0 spiro atoms. The van der Waals surface area contributed by atoms with Crippen LogP contribution >= 0.6 is 0 Å². The highest BCUT2D eigenvalue weighted by Crippen LogP contribution is 2.29. The number of amides is 1. The van der Waals surface area contributed by atoms with Crippen molar-refractivity contribution in [2.24, 2.45) is 10.9 Å². The Morgan fingerprint density at radius 2 is 2.00 bits per heavy atom. The molecule has 9 heteroatoms. The molecule has 2 N–H and O–H groups in total. The average molecular weight is 377 g/mol. The van der Waals surface area contributed by atoms with Crippen LogP contribution in [0.2, 0.25) is 0 Å². The van der Waals surface area contributed by atoms with Crippen molar-refractivity contribution in [3.63, 3.8) is 0 Å². The number of amidine groups is 1. The number of fused-ring (bicyclic) bond motifs is 1. The summed E-state index contributed by atoms with van der Waals surface area (Å²) in [5.74, 6) is -1.77. The normalized spacial score (nSPS) is 19.5. The van der Waals surface area contributed by atoms with E-state index in [-0.39, 0.29) is 34.7 Å². The largest absolute Gasteiger partial charge is 0.478 e. The molecule has 1 amide bonds. The maximum Gasteiger partial charge on any atom is 0.387 e. The summed E-state index contributed by atoms with van der Waals surface area (Å²) in [5, 5.41) is 12.5. The molecule has 0 saturated heterocycles. The first kappa shape index (κ1) is 18.7. The summed E-state index contributed by atoms with van der Waals surface area (Å²) in [5.41, 5.74) is -0.873. The second kappa shape index (κ2) is 6.57. The van der Waals surface area contributed by atoms with Crippen molar-refractivity contribution in [2.45, 2.75) is 32.9 Å². The van der Waals surface area contributed by atoms with Crippen molar-refractivity contribution in [3.05, 3.63) is 35.5 Å². The summed E-state index contributed by atoms with van der Waals surface area (Å²) in [6, 6.07) is 5.30. The number of aromatic nitrogens is 1. The van der Waals surface area contributed by atoms with Gasteiger partial charge >= 0.3 is 12.6 Å². The fraction of sp³-hybridized carbons (Fsp3) is 0.333. The number of carbonyl (C=O) groups excluding carboxylic acids is 1. The number of hydrogen-bond donors (Lipinski definition) is 2. The Morgan fingerprint density at radius 3 is 2.56 bits per heavy atom. The fourth-order valence-corrected chi connectivity index (χ4v) is 2.72. The van der Waals surface area contributed by atoms with E-state index in [2.05, 4.69) is 20.0 Å². The van der Waals surface area contributed by atoms with Crippen molar-refractivity contribution in [1.29, 1.82) is 0 Å². The van der Waals surface area contributed by atoms with Gasteiger partial charge in [-0.15, -0.1) is 0 Å². The lowest BCUT2D eigenvalue weighted by atomic mass is 9.89. The van der Waals surface area contributed by atoms with Crippen molar-refractivity contribution in [3.8, 4) is 5.75 Å². The number of aromatic carboxylic acids is 1. The fourth-order valence-electron chi connectivity index (χ4n) is 2.72. The third-order valence-corrected chi connectivity index (χ3v) is 4.63. The Bertz CT molecular complexity index is 974. The zero-order chi connectivity index (χ0) is 19.9. The molecule has 1 aliphatic heterocycles. The van der Waals surface area contributed by atoms with Gasteiger partial charge in [-0.1, -0.05) is 13.8 Å². The number of ether oxygens (including phenoxy) is 1. The quantitative estimate of drug-likeness (QED) is 0.834. The number of hydrogen-bond acceptors (Lipinski definition) is 5. The zero-order valence-corrected chi connectivity index (χ0v) is 14.8. The van der Waals surface area contributed by atoms with Gasteiger partial charge in [-0.3, -0.25) is 4.79 Å². The van der Waals surface area contributed by atoms with E-state index in [4.69, 9.17) is 0 Å². The van der Waals surface area contributed by atoms with Crippen LogP contribution in [0.25, 0.3) is 10.9 Å². The Hall–Kier alpha value is -3.10. The molecule has 0 fully saturated rings. The Balaban J connectivity index is 2.14. The smallest absolute Gasteiger partial charge is 0.387 e. The summed E-state index contributed by atoms with van der Waals surface area (Å²) in [6.45, 7) is 2.34. The standard InChI is InChI=1S/C18H17F2N3O4/c1-8(2)18(3)16(26)22-14(23-18)13-11(15(24)25)7-9-6-10(27-17(19)20)4-5-12(9)21-13/h4-8,17H,1-3H3,(H,24,25)(H,22,23,26). The van der Waals surface area contributed by atoms with E-state index in [1.54, 1.807) is 6.92 Å². The Morgan fingerprint density at radius 1 is 1.30 bits per heavy atom. The van der Waals surface area contributed by atoms with Crippen LogP contribution in [-0.2, 0) is 4.79 Å². The Labute approximate surface area is 153 Å². The van der Waals surface area contributed by atoms with E-state index in [0.29, 0.717) is 10.9 Å². The molecule has 0 aliphatic carbocycles. The number of carbonyl (C=O) groups is 2. The summed E-state index contributed by atoms with van der Waals surface area (Å²) < 4.78 is 29.1. The van der Waals surface area contributed by atoms with Gasteiger partial charge in [0.2, 0.25) is 0 Å². The minimum absolute atomic E-state index is 0.00949. The maximum atomic E-state index is 12.4. The first-order chi connectivity index (χ1) is 12.6. The van der Waals surface area contributed by atoms with E-state index >= 15 is 0 Å². The number of carboxylic acids is 1. The molecular formula is C18H17F2N3O4. The van der Waals surface area contributed by atoms with E-state index < -0.39 is 18.1 Å². The highest BCUT2D eigenvalue weighted by atomic mass is 19.3. The van der Waals surface area contributed by atoms with Crippen molar-refractivity contribution >= 4 is 28.6 Å². The number of rotatable bonds is 5. The molecule has 2 heterocycles. The average Bonchev–Trinajstić information content (AvgIpc) is 2.89. The van der Waals surface area contributed by atoms with E-state index in [9.17, 15) is 23.5 Å². The lowest BCUT2D eigenvalue weighted by molar-refractivity contribution is -0.124. The van der Waals surface area contributed by atoms with Crippen LogP contribution in [0.1, 0.15) is 36.8 Å². The molecule has 1 aliphatic rings. The van der Waals surface area contributed by atoms with Crippen LogP contribution in [0.5, 0.6) is 5.75 Å². The minimum atomic E-state index is -3.00. The van der Waals surface area contributed by atoms with E-state index in [1.807, 2.05) is 13.8 Å². The molecule has 3 rings (SSSR count). The van der Waals surface area contributed by atoms with Crippen LogP contribution in [0.3, 0.4) is 0 Å². The summed E-state index contributed by atoms with van der Waals surface area (Å²) in [6.07, 6.45) is 0. The second-order valence-corrected chi connectivity index (χ2v) is 6.64. The van der Waals surface area contributed by atoms with Gasteiger partial charge in [0, 0.05) is 5.39 Å². The van der Waals surface area contributed by atoms with Gasteiger partial charge in [0.15, 0.2) is 5.84 Å². The molecule has 1 aromatic carbocycles. The van der Waals surface area contributed by atoms with E-state index in [0.717, 1.165) is 0 Å². The number of pyridine rings is 1. The van der Waals surface area contributed by atoms with Gasteiger partial charge in [0.1, 0.15) is 17.0 Å². The van der Waals surface area contributed by atoms with Gasteiger partial charge < -0.3 is 15.2 Å². The first-order valence-electron chi connectivity index (χ1n) is 8.16. The van der Waals surface area contributed by atoms with Gasteiger partial charge in [-0.25, -0.2) is 14.8 Å². The topological polar surface area (TPSA) is 101 Å². The molecular weight excluding hydrogens is 360 g/mol. The van der Waals surface area contributed by atoms with Crippen molar-refractivity contribution in [1.82, 2.24) is 10.3 Å². The molecule has 0 saturated carbocycles. The number of alkyl halides is 2. The third kappa shape index (κ3) is 3.32. The van der Waals surface area contributed by atoms with Gasteiger partial charge in [0.25, 0.3) is 5.91 Å². The Kier molecular flexibility index (Phi) is 4.54. The van der Waals surface area contributed by atoms with E-state index in [1.165, 1.54) is 24.3 Å². The number of nitrogens with zero attached hydrogens (tertiary/aromatic N) is 2. The van der Waals surface area contributed by atoms with Gasteiger partial charge in [0.05, 0.1) is 11.1 Å². The molecule has 27 heavy (non-hydrogen) atoms. The summed E-state index contributed by atoms with van der Waals surface area (Å²) in [4.78, 5) is 32.7. The molecule has 0 bridgehead atoms. The van der Waals surface area contributed by atoms with Crippen molar-refractivity contribution < 1.29 is 28.2 Å². The SMILES string of the molecule is CC(C)C1(C)N=C(c2nc3ccc(OC(F)F)cc3cc2C(=O)O)NC1=O. The van der Waals surface area contributed by atoms with Crippen LogP contribution in [0, 0.1) is 5.92 Å². The molecule has 1 atom stereocenters. The number of benzene rings is 1. The zero-order valence-electron chi connectivity index (χ0n) is 14.8. The van der Waals surface area contributed by atoms with Crippen LogP contribution in [-0.4, -0.2) is 40.0 Å². The van der Waals surface area contributed by atoms with Gasteiger partial charge in [-0.05, 0) is 37.1 Å². The predicted octanol–water partition coefficient (Wildman–Crippen LogP) is 2.83. The monoisotopic (exact) mass is 377 g/mol. The predicted molar refractivity (Wildman–Crippen MR) is 93.3 cm³/mol. The number of nitrogens with one attached hydrogen (secondary N) is 1. The maximum absolute atomic E-state index is 12.4. The highest BCUT2D eigenvalue weighted by molar-refractivity contribution is 6.18. The summed E-state index contributed by atoms with van der Waals surface area (Å²) >= 11 is 0. The number of aliphatic imine (C=N–C) groups is 1. The lowest BCUT2D eigenvalue weighted by Gasteiger charge is -2.21. The second-order valence-electron chi connectivity index (χ2n) is 6.64. The van der Waals surface area contributed by atoms with Crippen LogP contribution < -0.4 is 10.1 Å². The molecule has 2 aromatic rings. The number of carboxylic acid groups (broad SMARTS) is 1. The van der Waals surface area contributed by atoms with Gasteiger partial charge in [-0.2, -0.15) is 8.78 Å². The number of halogens is 2. The molecule has 1 unspecified atom stereocenters. The molecule has 7 nitrogen and oxygen atoms in total. The third-order valence-electron chi connectivity index (χ3n) is 4.63. The lowest BCUT2D eigenvalue weighted by Crippen LogP contribution is -2.41. The molecule has 142 valence electrons. The van der Waals surface area contributed by atoms with Crippen molar-refractivity contribution in [2.75, 3.05) is 0 Å². The molecule has 0 radical (unpaired) electrons. The van der Waals surface area contributed by atoms with Crippen LogP contribution in [0.15, 0.2) is 29.3 Å². The van der Waals surface area contributed by atoms with Crippen LogP contribution in [0.4, 0.5) is 8.78 Å². The minimum Gasteiger partial charge on any atom is -0.478 e. The first-order valence-corrected chi connectivity index (χ1v) is 8.16. The molecule has 1 aromatic heterocycles. The highest BCUT2D eigenvalue weighted by Gasteiger charge is 2.43.